The number of thiophene rings is 1. The minimum absolute atomic E-state index is 0.654. The molecule has 0 aliphatic heterocycles. The summed E-state index contributed by atoms with van der Waals surface area (Å²) >= 11 is 8.84. The maximum absolute atomic E-state index is 3.55. The van der Waals surface area contributed by atoms with Gasteiger partial charge in [0, 0.05) is 19.6 Å². The van der Waals surface area contributed by atoms with E-state index in [4.69, 9.17) is 0 Å². The lowest BCUT2D eigenvalue weighted by atomic mass is 10.2. The summed E-state index contributed by atoms with van der Waals surface area (Å²) in [7, 11) is 0. The molecular weight excluding hydrogens is 300 g/mol. The van der Waals surface area contributed by atoms with E-state index in [1.165, 1.54) is 28.6 Å². The third-order valence-electron chi connectivity index (χ3n) is 1.65. The molecule has 1 rings (SSSR count). The Labute approximate surface area is 94.6 Å². The fraction of sp³-hybridized carbons (Fsp3) is 0.556. The first-order valence-electron chi connectivity index (χ1n) is 4.05. The highest BCUT2D eigenvalue weighted by Gasteiger charge is 1.99. The minimum atomic E-state index is 0.654. The van der Waals surface area contributed by atoms with Crippen molar-refractivity contribution < 1.29 is 0 Å². The maximum Gasteiger partial charge on any atom is 0.0285 e. The van der Waals surface area contributed by atoms with Gasteiger partial charge in [-0.1, -0.05) is 22.9 Å². The summed E-state index contributed by atoms with van der Waals surface area (Å²) in [4.78, 5) is 2.14. The molecule has 0 amide bonds. The molecule has 1 atom stereocenters. The van der Waals surface area contributed by atoms with Gasteiger partial charge in [-0.2, -0.15) is 0 Å². The molecule has 3 heteroatoms. The molecular formula is C9H12Br2S. The van der Waals surface area contributed by atoms with E-state index in [2.05, 4.69) is 50.2 Å². The molecule has 0 aliphatic carbocycles. The molecule has 1 heterocycles. The second-order valence-corrected chi connectivity index (χ2v) is 6.38. The third kappa shape index (κ3) is 4.06. The van der Waals surface area contributed by atoms with Gasteiger partial charge in [-0.15, -0.1) is 11.3 Å². The van der Waals surface area contributed by atoms with E-state index in [1.54, 1.807) is 0 Å². The van der Waals surface area contributed by atoms with Gasteiger partial charge in [0.15, 0.2) is 0 Å². The van der Waals surface area contributed by atoms with Gasteiger partial charge in [0.05, 0.1) is 0 Å². The second kappa shape index (κ2) is 5.40. The van der Waals surface area contributed by atoms with E-state index >= 15 is 0 Å². The lowest BCUT2D eigenvalue weighted by Gasteiger charge is -2.00. The van der Waals surface area contributed by atoms with Crippen molar-refractivity contribution in [1.82, 2.24) is 0 Å². The van der Waals surface area contributed by atoms with Crippen molar-refractivity contribution in [2.45, 2.75) is 31.0 Å². The Morgan fingerprint density at radius 2 is 2.33 bits per heavy atom. The smallest absolute Gasteiger partial charge is 0.0285 e. The monoisotopic (exact) mass is 310 g/mol. The SMILES string of the molecule is CC(Br)CCCc1cc(Br)cs1. The molecule has 68 valence electrons. The number of rotatable bonds is 4. The van der Waals surface area contributed by atoms with Crippen molar-refractivity contribution in [2.75, 3.05) is 0 Å². The molecule has 12 heavy (non-hydrogen) atoms. The van der Waals surface area contributed by atoms with Gasteiger partial charge in [0.2, 0.25) is 0 Å². The zero-order valence-electron chi connectivity index (χ0n) is 7.02. The number of hydrogen-bond acceptors (Lipinski definition) is 1. The average Bonchev–Trinajstić information content (AvgIpc) is 2.35. The molecule has 0 aromatic carbocycles. The Bertz CT molecular complexity index is 230. The Balaban J connectivity index is 2.24. The highest BCUT2D eigenvalue weighted by atomic mass is 79.9. The van der Waals surface area contributed by atoms with E-state index in [-0.39, 0.29) is 0 Å². The van der Waals surface area contributed by atoms with Crippen molar-refractivity contribution in [3.05, 3.63) is 20.8 Å². The summed E-state index contributed by atoms with van der Waals surface area (Å²) in [5.41, 5.74) is 0. The van der Waals surface area contributed by atoms with Crippen LogP contribution in [-0.2, 0) is 6.42 Å². The van der Waals surface area contributed by atoms with E-state index in [0.29, 0.717) is 4.83 Å². The lowest BCUT2D eigenvalue weighted by Crippen LogP contribution is -1.90. The van der Waals surface area contributed by atoms with Crippen LogP contribution in [0.4, 0.5) is 0 Å². The summed E-state index contributed by atoms with van der Waals surface area (Å²) in [6, 6.07) is 2.21. The van der Waals surface area contributed by atoms with Crippen LogP contribution < -0.4 is 0 Å². The Hall–Kier alpha value is 0.660. The molecule has 0 N–H and O–H groups in total. The van der Waals surface area contributed by atoms with Gasteiger partial charge in [-0.25, -0.2) is 0 Å². The van der Waals surface area contributed by atoms with E-state index < -0.39 is 0 Å². The van der Waals surface area contributed by atoms with Crippen LogP contribution in [0.15, 0.2) is 15.9 Å². The molecule has 1 unspecified atom stereocenters. The molecule has 0 spiro atoms. The molecule has 1 aromatic rings. The van der Waals surface area contributed by atoms with Gasteiger partial charge in [0.25, 0.3) is 0 Å². The zero-order valence-corrected chi connectivity index (χ0v) is 11.0. The lowest BCUT2D eigenvalue weighted by molar-refractivity contribution is 0.742. The van der Waals surface area contributed by atoms with Gasteiger partial charge in [-0.3, -0.25) is 0 Å². The molecule has 1 aromatic heterocycles. The number of aryl methyl sites for hydroxylation is 1. The quantitative estimate of drug-likeness (QED) is 0.712. The van der Waals surface area contributed by atoms with Crippen molar-refractivity contribution in [3.63, 3.8) is 0 Å². The first kappa shape index (κ1) is 10.7. The van der Waals surface area contributed by atoms with Gasteiger partial charge < -0.3 is 0 Å². The fourth-order valence-electron chi connectivity index (χ4n) is 1.04. The fourth-order valence-corrected chi connectivity index (χ4v) is 2.86. The summed E-state index contributed by atoms with van der Waals surface area (Å²) in [5.74, 6) is 0. The van der Waals surface area contributed by atoms with Crippen molar-refractivity contribution in [3.8, 4) is 0 Å². The molecule has 0 bridgehead atoms. The van der Waals surface area contributed by atoms with Crippen LogP contribution in [0.5, 0.6) is 0 Å². The van der Waals surface area contributed by atoms with Crippen LogP contribution in [0.25, 0.3) is 0 Å². The largest absolute Gasteiger partial charge is 0.148 e. The number of hydrogen-bond donors (Lipinski definition) is 0. The summed E-state index contributed by atoms with van der Waals surface area (Å²) in [6.07, 6.45) is 3.75. The van der Waals surface area contributed by atoms with Gasteiger partial charge in [0.1, 0.15) is 0 Å². The normalized spacial score (nSPS) is 13.2. The Kier molecular flexibility index (Phi) is 4.84. The van der Waals surface area contributed by atoms with Gasteiger partial charge in [-0.05, 0) is 41.3 Å². The van der Waals surface area contributed by atoms with Crippen molar-refractivity contribution in [1.29, 1.82) is 0 Å². The van der Waals surface area contributed by atoms with E-state index in [0.717, 1.165) is 0 Å². The summed E-state index contributed by atoms with van der Waals surface area (Å²) in [5, 5.41) is 2.15. The molecule has 0 saturated carbocycles. The van der Waals surface area contributed by atoms with Crippen molar-refractivity contribution in [2.24, 2.45) is 0 Å². The summed E-state index contributed by atoms with van der Waals surface area (Å²) < 4.78 is 1.22. The first-order valence-corrected chi connectivity index (χ1v) is 6.64. The third-order valence-corrected chi connectivity index (χ3v) is 3.86. The average molecular weight is 312 g/mol. The Morgan fingerprint density at radius 3 is 2.83 bits per heavy atom. The molecule has 0 saturated heterocycles. The Morgan fingerprint density at radius 1 is 1.58 bits per heavy atom. The number of alkyl halides is 1. The van der Waals surface area contributed by atoms with Crippen LogP contribution in [-0.4, -0.2) is 4.83 Å². The highest BCUT2D eigenvalue weighted by Crippen LogP contribution is 2.21. The topological polar surface area (TPSA) is 0 Å². The van der Waals surface area contributed by atoms with Gasteiger partial charge >= 0.3 is 0 Å². The predicted molar refractivity (Wildman–Crippen MR) is 63.3 cm³/mol. The minimum Gasteiger partial charge on any atom is -0.148 e. The van der Waals surface area contributed by atoms with E-state index in [9.17, 15) is 0 Å². The molecule has 0 nitrogen and oxygen atoms in total. The molecule has 0 aliphatic rings. The van der Waals surface area contributed by atoms with Crippen LogP contribution in [0.2, 0.25) is 0 Å². The standard InChI is InChI=1S/C9H12Br2S/c1-7(10)3-2-4-9-5-8(11)6-12-9/h5-7H,2-4H2,1H3. The maximum atomic E-state index is 3.55. The number of halogens is 2. The van der Waals surface area contributed by atoms with Crippen LogP contribution in [0.1, 0.15) is 24.6 Å². The molecule has 0 radical (unpaired) electrons. The van der Waals surface area contributed by atoms with Crippen LogP contribution in [0, 0.1) is 0 Å². The predicted octanol–water partition coefficient (Wildman–Crippen LogP) is 4.62. The van der Waals surface area contributed by atoms with Crippen molar-refractivity contribution >= 4 is 43.2 Å². The molecule has 0 fully saturated rings. The van der Waals surface area contributed by atoms with E-state index in [1.807, 2.05) is 11.3 Å². The highest BCUT2D eigenvalue weighted by molar-refractivity contribution is 9.10. The van der Waals surface area contributed by atoms with Crippen LogP contribution in [0.3, 0.4) is 0 Å². The zero-order chi connectivity index (χ0) is 8.97. The first-order chi connectivity index (χ1) is 5.68. The van der Waals surface area contributed by atoms with Crippen LogP contribution >= 0.6 is 43.2 Å². The summed E-state index contributed by atoms with van der Waals surface area (Å²) in [6.45, 7) is 2.20. The second-order valence-electron chi connectivity index (χ2n) is 2.90.